The molecule has 1 atom stereocenters. The summed E-state index contributed by atoms with van der Waals surface area (Å²) in [5.41, 5.74) is 1.93. The molecule has 1 saturated heterocycles. The summed E-state index contributed by atoms with van der Waals surface area (Å²) in [4.78, 5) is 14.7. The van der Waals surface area contributed by atoms with Crippen LogP contribution in [0.4, 0.5) is 0 Å². The maximum atomic E-state index is 12.8. The maximum Gasteiger partial charge on any atom is 0.254 e. The van der Waals surface area contributed by atoms with Gasteiger partial charge in [0.2, 0.25) is 6.79 Å². The average molecular weight is 339 g/mol. The van der Waals surface area contributed by atoms with Gasteiger partial charge in [0, 0.05) is 18.7 Å². The number of amides is 1. The largest absolute Gasteiger partial charge is 0.454 e. The molecule has 1 fully saturated rings. The van der Waals surface area contributed by atoms with Crippen LogP contribution in [0, 0.1) is 0 Å². The zero-order chi connectivity index (χ0) is 17.1. The molecule has 0 aromatic heterocycles. The minimum absolute atomic E-state index is 0.0197. The molecule has 5 heteroatoms. The lowest BCUT2D eigenvalue weighted by molar-refractivity contribution is -0.0246. The molecule has 0 spiro atoms. The predicted octanol–water partition coefficient (Wildman–Crippen LogP) is 2.89. The summed E-state index contributed by atoms with van der Waals surface area (Å²) in [5, 5.41) is 0. The van der Waals surface area contributed by atoms with Crippen LogP contribution in [-0.4, -0.2) is 43.4 Å². The molecule has 1 amide bonds. The molecular weight excluding hydrogens is 318 g/mol. The summed E-state index contributed by atoms with van der Waals surface area (Å²) in [5.74, 6) is 1.35. The predicted molar refractivity (Wildman–Crippen MR) is 93.0 cm³/mol. The number of hydrogen-bond donors (Lipinski definition) is 0. The third-order valence-corrected chi connectivity index (χ3v) is 4.64. The molecule has 5 nitrogen and oxygen atoms in total. The maximum absolute atomic E-state index is 12.8. The van der Waals surface area contributed by atoms with E-state index in [0.29, 0.717) is 36.8 Å². The van der Waals surface area contributed by atoms with Crippen LogP contribution >= 0.6 is 0 Å². The van der Waals surface area contributed by atoms with Crippen LogP contribution in [0.3, 0.4) is 0 Å². The van der Waals surface area contributed by atoms with Crippen molar-refractivity contribution >= 4 is 5.91 Å². The van der Waals surface area contributed by atoms with Gasteiger partial charge in [0.15, 0.2) is 11.5 Å². The van der Waals surface area contributed by atoms with Crippen molar-refractivity contribution in [1.29, 1.82) is 0 Å². The van der Waals surface area contributed by atoms with Crippen LogP contribution in [0.2, 0.25) is 0 Å². The van der Waals surface area contributed by atoms with E-state index in [4.69, 9.17) is 14.2 Å². The van der Waals surface area contributed by atoms with Crippen molar-refractivity contribution in [2.45, 2.75) is 18.9 Å². The highest BCUT2D eigenvalue weighted by molar-refractivity contribution is 5.95. The number of benzene rings is 2. The number of rotatable bonds is 4. The lowest BCUT2D eigenvalue weighted by Crippen LogP contribution is -2.45. The van der Waals surface area contributed by atoms with Crippen molar-refractivity contribution in [3.05, 3.63) is 59.7 Å². The number of ether oxygens (including phenoxy) is 3. The van der Waals surface area contributed by atoms with E-state index in [-0.39, 0.29) is 18.8 Å². The Morgan fingerprint density at radius 2 is 1.92 bits per heavy atom. The van der Waals surface area contributed by atoms with E-state index in [0.717, 1.165) is 12.8 Å². The van der Waals surface area contributed by atoms with Gasteiger partial charge in [-0.15, -0.1) is 0 Å². The quantitative estimate of drug-likeness (QED) is 0.859. The Morgan fingerprint density at radius 1 is 1.08 bits per heavy atom. The molecule has 2 heterocycles. The van der Waals surface area contributed by atoms with Crippen molar-refractivity contribution in [2.75, 3.05) is 26.5 Å². The molecule has 2 aliphatic heterocycles. The molecule has 1 unspecified atom stereocenters. The van der Waals surface area contributed by atoms with E-state index in [1.165, 1.54) is 5.56 Å². The lowest BCUT2D eigenvalue weighted by atomic mass is 10.1. The molecule has 0 aliphatic carbocycles. The molecule has 25 heavy (non-hydrogen) atoms. The Bertz CT molecular complexity index is 747. The standard InChI is InChI=1S/C20H21NO4/c22-20(16-7-9-18-19(12-16)25-14-24-18)21-10-11-23-17(13-21)8-6-15-4-2-1-3-5-15/h1-5,7,9,12,17H,6,8,10-11,13-14H2. The van der Waals surface area contributed by atoms with Crippen molar-refractivity contribution in [3.8, 4) is 11.5 Å². The first-order valence-corrected chi connectivity index (χ1v) is 8.64. The topological polar surface area (TPSA) is 48.0 Å². The number of hydrogen-bond acceptors (Lipinski definition) is 4. The van der Waals surface area contributed by atoms with Gasteiger partial charge in [-0.3, -0.25) is 4.79 Å². The van der Waals surface area contributed by atoms with Crippen molar-refractivity contribution in [3.63, 3.8) is 0 Å². The van der Waals surface area contributed by atoms with Gasteiger partial charge in [-0.25, -0.2) is 0 Å². The van der Waals surface area contributed by atoms with Gasteiger partial charge in [-0.05, 0) is 36.6 Å². The second-order valence-corrected chi connectivity index (χ2v) is 6.34. The molecule has 0 radical (unpaired) electrons. The second-order valence-electron chi connectivity index (χ2n) is 6.34. The van der Waals surface area contributed by atoms with Gasteiger partial charge in [-0.1, -0.05) is 30.3 Å². The van der Waals surface area contributed by atoms with Gasteiger partial charge in [0.25, 0.3) is 5.91 Å². The van der Waals surface area contributed by atoms with Crippen LogP contribution in [0.1, 0.15) is 22.3 Å². The Labute approximate surface area is 147 Å². The second kappa shape index (κ2) is 7.15. The number of morpholine rings is 1. The van der Waals surface area contributed by atoms with E-state index < -0.39 is 0 Å². The highest BCUT2D eigenvalue weighted by Crippen LogP contribution is 2.33. The van der Waals surface area contributed by atoms with Crippen LogP contribution in [0.5, 0.6) is 11.5 Å². The Hall–Kier alpha value is -2.53. The van der Waals surface area contributed by atoms with Crippen LogP contribution < -0.4 is 9.47 Å². The van der Waals surface area contributed by atoms with Crippen LogP contribution in [0.15, 0.2) is 48.5 Å². The van der Waals surface area contributed by atoms with E-state index in [2.05, 4.69) is 12.1 Å². The molecule has 4 rings (SSSR count). The van der Waals surface area contributed by atoms with Crippen LogP contribution in [0.25, 0.3) is 0 Å². The summed E-state index contributed by atoms with van der Waals surface area (Å²) in [7, 11) is 0. The first-order valence-electron chi connectivity index (χ1n) is 8.64. The van der Waals surface area contributed by atoms with Crippen molar-refractivity contribution < 1.29 is 19.0 Å². The van der Waals surface area contributed by atoms with E-state index in [1.54, 1.807) is 18.2 Å². The van der Waals surface area contributed by atoms with E-state index in [9.17, 15) is 4.79 Å². The average Bonchev–Trinajstić information content (AvgIpc) is 3.14. The molecule has 0 bridgehead atoms. The third-order valence-electron chi connectivity index (χ3n) is 4.64. The minimum atomic E-state index is 0.0197. The fourth-order valence-electron chi connectivity index (χ4n) is 3.26. The minimum Gasteiger partial charge on any atom is -0.454 e. The molecule has 2 aliphatic rings. The lowest BCUT2D eigenvalue weighted by Gasteiger charge is -2.33. The molecule has 2 aromatic carbocycles. The summed E-state index contributed by atoms with van der Waals surface area (Å²) in [6.45, 7) is 2.04. The van der Waals surface area contributed by atoms with Crippen molar-refractivity contribution in [1.82, 2.24) is 4.90 Å². The van der Waals surface area contributed by atoms with Gasteiger partial charge in [0.05, 0.1) is 12.7 Å². The van der Waals surface area contributed by atoms with Crippen LogP contribution in [-0.2, 0) is 11.2 Å². The zero-order valence-corrected chi connectivity index (χ0v) is 14.0. The molecule has 0 N–H and O–H groups in total. The smallest absolute Gasteiger partial charge is 0.254 e. The first-order chi connectivity index (χ1) is 12.3. The van der Waals surface area contributed by atoms with Gasteiger partial charge in [-0.2, -0.15) is 0 Å². The molecule has 2 aromatic rings. The Kier molecular flexibility index (Phi) is 4.57. The van der Waals surface area contributed by atoms with Gasteiger partial charge >= 0.3 is 0 Å². The highest BCUT2D eigenvalue weighted by Gasteiger charge is 2.26. The molecular formula is C20H21NO4. The normalized spacial score (nSPS) is 19.0. The number of carbonyl (C=O) groups is 1. The van der Waals surface area contributed by atoms with Gasteiger partial charge in [0.1, 0.15) is 0 Å². The number of carbonyl (C=O) groups excluding carboxylic acids is 1. The fraction of sp³-hybridized carbons (Fsp3) is 0.350. The van der Waals surface area contributed by atoms with E-state index in [1.807, 2.05) is 23.1 Å². The number of fused-ring (bicyclic) bond motifs is 1. The fourth-order valence-corrected chi connectivity index (χ4v) is 3.26. The molecule has 0 saturated carbocycles. The monoisotopic (exact) mass is 339 g/mol. The summed E-state index contributed by atoms with van der Waals surface area (Å²) in [6, 6.07) is 15.7. The van der Waals surface area contributed by atoms with E-state index >= 15 is 0 Å². The van der Waals surface area contributed by atoms with Gasteiger partial charge < -0.3 is 19.1 Å². The number of aryl methyl sites for hydroxylation is 1. The molecule has 130 valence electrons. The number of nitrogens with zero attached hydrogens (tertiary/aromatic N) is 1. The first kappa shape index (κ1) is 16.0. The SMILES string of the molecule is O=C(c1ccc2c(c1)OCO2)N1CCOC(CCc2ccccc2)C1. The summed E-state index contributed by atoms with van der Waals surface area (Å²) < 4.78 is 16.5. The third kappa shape index (κ3) is 3.61. The Morgan fingerprint density at radius 3 is 2.80 bits per heavy atom. The summed E-state index contributed by atoms with van der Waals surface area (Å²) >= 11 is 0. The summed E-state index contributed by atoms with van der Waals surface area (Å²) in [6.07, 6.45) is 1.94. The zero-order valence-electron chi connectivity index (χ0n) is 14.0. The highest BCUT2D eigenvalue weighted by atomic mass is 16.7. The Balaban J connectivity index is 1.38. The van der Waals surface area contributed by atoms with Crippen molar-refractivity contribution in [2.24, 2.45) is 0 Å².